The molecule has 0 saturated carbocycles. The summed E-state index contributed by atoms with van der Waals surface area (Å²) in [5, 5.41) is 2.55. The summed E-state index contributed by atoms with van der Waals surface area (Å²) in [4.78, 5) is 25.5. The van der Waals surface area contributed by atoms with Crippen molar-refractivity contribution in [2.75, 3.05) is 6.54 Å². The summed E-state index contributed by atoms with van der Waals surface area (Å²) in [7, 11) is 0. The van der Waals surface area contributed by atoms with Crippen molar-refractivity contribution in [3.63, 3.8) is 0 Å². The molecule has 1 unspecified atom stereocenters. The SMILES string of the molecule is CC(C)(C)C1C(=O)NCC(=O)N1Cc1cc(F)cc(F)c1. The van der Waals surface area contributed by atoms with Crippen molar-refractivity contribution in [1.29, 1.82) is 0 Å². The first-order valence-electron chi connectivity index (χ1n) is 6.70. The molecule has 1 heterocycles. The highest BCUT2D eigenvalue weighted by Crippen LogP contribution is 2.28. The molecular formula is C15H18F2N2O2. The van der Waals surface area contributed by atoms with Crippen LogP contribution in [0.15, 0.2) is 18.2 Å². The molecule has 1 aromatic carbocycles. The first kappa shape index (κ1) is 15.4. The molecule has 21 heavy (non-hydrogen) atoms. The number of nitrogens with one attached hydrogen (secondary N) is 1. The van der Waals surface area contributed by atoms with Crippen LogP contribution in [0.25, 0.3) is 0 Å². The van der Waals surface area contributed by atoms with Gasteiger partial charge in [0, 0.05) is 12.6 Å². The molecule has 1 saturated heterocycles. The van der Waals surface area contributed by atoms with E-state index in [2.05, 4.69) is 5.32 Å². The van der Waals surface area contributed by atoms with Crippen molar-refractivity contribution in [2.45, 2.75) is 33.4 Å². The molecule has 1 atom stereocenters. The standard InChI is InChI=1S/C15H18F2N2O2/c1-15(2,3)13-14(21)18-7-12(20)19(13)8-9-4-10(16)6-11(17)5-9/h4-6,13H,7-8H2,1-3H3,(H,18,21). The third-order valence-electron chi connectivity index (χ3n) is 3.39. The number of hydrogen-bond acceptors (Lipinski definition) is 2. The van der Waals surface area contributed by atoms with Gasteiger partial charge in [-0.25, -0.2) is 8.78 Å². The maximum atomic E-state index is 13.3. The molecular weight excluding hydrogens is 278 g/mol. The molecule has 0 radical (unpaired) electrons. The lowest BCUT2D eigenvalue weighted by Crippen LogP contribution is -2.62. The number of carbonyl (C=O) groups is 2. The molecule has 6 heteroatoms. The van der Waals surface area contributed by atoms with Crippen LogP contribution in [0, 0.1) is 17.0 Å². The Labute approximate surface area is 122 Å². The van der Waals surface area contributed by atoms with Crippen LogP contribution in [0.5, 0.6) is 0 Å². The monoisotopic (exact) mass is 296 g/mol. The zero-order valence-corrected chi connectivity index (χ0v) is 12.2. The Balaban J connectivity index is 2.33. The van der Waals surface area contributed by atoms with Crippen molar-refractivity contribution < 1.29 is 18.4 Å². The Morgan fingerprint density at radius 3 is 2.29 bits per heavy atom. The van der Waals surface area contributed by atoms with Crippen LogP contribution >= 0.6 is 0 Å². The number of halogens is 2. The van der Waals surface area contributed by atoms with Gasteiger partial charge in [0.2, 0.25) is 11.8 Å². The van der Waals surface area contributed by atoms with E-state index in [1.54, 1.807) is 0 Å². The van der Waals surface area contributed by atoms with Gasteiger partial charge in [0.25, 0.3) is 0 Å². The van der Waals surface area contributed by atoms with E-state index in [4.69, 9.17) is 0 Å². The quantitative estimate of drug-likeness (QED) is 0.905. The van der Waals surface area contributed by atoms with Gasteiger partial charge in [-0.2, -0.15) is 0 Å². The Kier molecular flexibility index (Phi) is 3.98. The molecule has 1 fully saturated rings. The van der Waals surface area contributed by atoms with Gasteiger partial charge in [-0.05, 0) is 23.1 Å². The predicted octanol–water partition coefficient (Wildman–Crippen LogP) is 1.84. The van der Waals surface area contributed by atoms with Gasteiger partial charge in [-0.3, -0.25) is 9.59 Å². The van der Waals surface area contributed by atoms with Gasteiger partial charge in [-0.1, -0.05) is 20.8 Å². The number of carbonyl (C=O) groups excluding carboxylic acids is 2. The van der Waals surface area contributed by atoms with E-state index in [1.165, 1.54) is 17.0 Å². The fourth-order valence-electron chi connectivity index (χ4n) is 2.59. The average molecular weight is 296 g/mol. The van der Waals surface area contributed by atoms with Gasteiger partial charge in [0.05, 0.1) is 6.54 Å². The molecule has 2 amide bonds. The van der Waals surface area contributed by atoms with Gasteiger partial charge in [-0.15, -0.1) is 0 Å². The number of amides is 2. The van der Waals surface area contributed by atoms with Crippen LogP contribution in [0.2, 0.25) is 0 Å². The summed E-state index contributed by atoms with van der Waals surface area (Å²) in [5.41, 5.74) is -0.156. The first-order chi connectivity index (χ1) is 9.68. The van der Waals surface area contributed by atoms with E-state index >= 15 is 0 Å². The molecule has 1 aliphatic heterocycles. The van der Waals surface area contributed by atoms with Crippen LogP contribution in [0.4, 0.5) is 8.78 Å². The average Bonchev–Trinajstić information content (AvgIpc) is 2.31. The molecule has 4 nitrogen and oxygen atoms in total. The minimum Gasteiger partial charge on any atom is -0.345 e. The molecule has 1 aliphatic rings. The van der Waals surface area contributed by atoms with Crippen LogP contribution in [0.1, 0.15) is 26.3 Å². The topological polar surface area (TPSA) is 49.4 Å². The summed E-state index contributed by atoms with van der Waals surface area (Å²) in [6.07, 6.45) is 0. The second kappa shape index (κ2) is 5.42. The molecule has 0 aromatic heterocycles. The van der Waals surface area contributed by atoms with E-state index in [-0.39, 0.29) is 24.9 Å². The van der Waals surface area contributed by atoms with Crippen molar-refractivity contribution >= 4 is 11.8 Å². The molecule has 2 rings (SSSR count). The highest BCUT2D eigenvalue weighted by Gasteiger charge is 2.41. The molecule has 0 aliphatic carbocycles. The van der Waals surface area contributed by atoms with E-state index in [0.717, 1.165) is 6.07 Å². The highest BCUT2D eigenvalue weighted by molar-refractivity contribution is 5.95. The van der Waals surface area contributed by atoms with Gasteiger partial charge < -0.3 is 10.2 Å². The molecule has 1 N–H and O–H groups in total. The lowest BCUT2D eigenvalue weighted by atomic mass is 9.83. The second-order valence-electron chi connectivity index (χ2n) is 6.29. The maximum Gasteiger partial charge on any atom is 0.243 e. The van der Waals surface area contributed by atoms with E-state index in [1.807, 2.05) is 20.8 Å². The highest BCUT2D eigenvalue weighted by atomic mass is 19.1. The zero-order chi connectivity index (χ0) is 15.8. The minimum atomic E-state index is -0.703. The predicted molar refractivity (Wildman–Crippen MR) is 73.2 cm³/mol. The van der Waals surface area contributed by atoms with Gasteiger partial charge >= 0.3 is 0 Å². The van der Waals surface area contributed by atoms with Gasteiger partial charge in [0.1, 0.15) is 17.7 Å². The smallest absolute Gasteiger partial charge is 0.243 e. The van der Waals surface area contributed by atoms with E-state index in [0.29, 0.717) is 5.56 Å². The third-order valence-corrected chi connectivity index (χ3v) is 3.39. The molecule has 1 aromatic rings. The van der Waals surface area contributed by atoms with E-state index < -0.39 is 23.1 Å². The number of nitrogens with zero attached hydrogens (tertiary/aromatic N) is 1. The van der Waals surface area contributed by atoms with Crippen LogP contribution in [0.3, 0.4) is 0 Å². The van der Waals surface area contributed by atoms with Crippen molar-refractivity contribution in [3.05, 3.63) is 35.4 Å². The van der Waals surface area contributed by atoms with Crippen molar-refractivity contribution in [3.8, 4) is 0 Å². The Morgan fingerprint density at radius 1 is 1.19 bits per heavy atom. The second-order valence-corrected chi connectivity index (χ2v) is 6.29. The number of rotatable bonds is 2. The van der Waals surface area contributed by atoms with Crippen molar-refractivity contribution in [2.24, 2.45) is 5.41 Å². The first-order valence-corrected chi connectivity index (χ1v) is 6.70. The van der Waals surface area contributed by atoms with Crippen LogP contribution in [-0.2, 0) is 16.1 Å². The minimum absolute atomic E-state index is 0.00285. The summed E-state index contributed by atoms with van der Waals surface area (Å²) in [6, 6.07) is 2.44. The fraction of sp³-hybridized carbons (Fsp3) is 0.467. The summed E-state index contributed by atoms with van der Waals surface area (Å²) < 4.78 is 26.5. The molecule has 114 valence electrons. The summed E-state index contributed by atoms with van der Waals surface area (Å²) >= 11 is 0. The molecule has 0 spiro atoms. The normalized spacial score (nSPS) is 19.7. The Hall–Kier alpha value is -1.98. The summed E-state index contributed by atoms with van der Waals surface area (Å²) in [6.45, 7) is 5.44. The molecule has 0 bridgehead atoms. The Morgan fingerprint density at radius 2 is 1.76 bits per heavy atom. The fourth-order valence-corrected chi connectivity index (χ4v) is 2.59. The third kappa shape index (κ3) is 3.37. The largest absolute Gasteiger partial charge is 0.345 e. The summed E-state index contributed by atoms with van der Waals surface area (Å²) in [5.74, 6) is -1.92. The number of benzene rings is 1. The Bertz CT molecular complexity index is 561. The van der Waals surface area contributed by atoms with Crippen molar-refractivity contribution in [1.82, 2.24) is 10.2 Å². The lowest BCUT2D eigenvalue weighted by molar-refractivity contribution is -0.150. The number of hydrogen-bond donors (Lipinski definition) is 1. The van der Waals surface area contributed by atoms with E-state index in [9.17, 15) is 18.4 Å². The number of piperazine rings is 1. The van der Waals surface area contributed by atoms with Crippen LogP contribution < -0.4 is 5.32 Å². The maximum absolute atomic E-state index is 13.3. The zero-order valence-electron chi connectivity index (χ0n) is 12.2. The van der Waals surface area contributed by atoms with Crippen LogP contribution in [-0.4, -0.2) is 29.3 Å². The lowest BCUT2D eigenvalue weighted by Gasteiger charge is -2.42. The van der Waals surface area contributed by atoms with Gasteiger partial charge in [0.15, 0.2) is 0 Å².